The van der Waals surface area contributed by atoms with E-state index in [-0.39, 0.29) is 18.6 Å². The third-order valence-corrected chi connectivity index (χ3v) is 5.08. The van der Waals surface area contributed by atoms with Crippen LogP contribution in [0, 0.1) is 13.8 Å². The first-order valence-electron chi connectivity index (χ1n) is 9.75. The Kier molecular flexibility index (Phi) is 6.38. The van der Waals surface area contributed by atoms with Crippen molar-refractivity contribution in [2.24, 2.45) is 0 Å². The highest BCUT2D eigenvalue weighted by atomic mass is 16.5. The Bertz CT molecular complexity index is 800. The number of carbonyl (C=O) groups excluding carboxylic acids is 1. The summed E-state index contributed by atoms with van der Waals surface area (Å²) in [5, 5.41) is 2.92. The van der Waals surface area contributed by atoms with E-state index in [1.165, 1.54) is 35.1 Å². The summed E-state index contributed by atoms with van der Waals surface area (Å²) in [6.45, 7) is 6.51. The van der Waals surface area contributed by atoms with Crippen LogP contribution in [0.25, 0.3) is 0 Å². The van der Waals surface area contributed by atoms with Crippen LogP contribution in [0.1, 0.15) is 42.0 Å². The number of fused-ring (bicyclic) bond motifs is 1. The first-order chi connectivity index (χ1) is 13.0. The molecule has 1 unspecified atom stereocenters. The summed E-state index contributed by atoms with van der Waals surface area (Å²) in [6.07, 6.45) is 4.74. The number of hydrogen-bond donors (Lipinski definition) is 1. The molecule has 1 N–H and O–H groups in total. The van der Waals surface area contributed by atoms with E-state index in [0.717, 1.165) is 24.3 Å². The molecule has 27 heavy (non-hydrogen) atoms. The smallest absolute Gasteiger partial charge is 0.258 e. The fourth-order valence-electron chi connectivity index (χ4n) is 3.33. The molecule has 0 aliphatic heterocycles. The van der Waals surface area contributed by atoms with E-state index in [0.29, 0.717) is 6.61 Å². The molecule has 0 aromatic heterocycles. The number of aryl methyl sites for hydroxylation is 4. The number of rotatable bonds is 7. The Morgan fingerprint density at radius 2 is 1.67 bits per heavy atom. The van der Waals surface area contributed by atoms with Crippen molar-refractivity contribution in [3.63, 3.8) is 0 Å². The largest absolute Gasteiger partial charge is 0.491 e. The van der Waals surface area contributed by atoms with Crippen molar-refractivity contribution in [2.45, 2.75) is 52.5 Å². The Hall–Kier alpha value is -2.49. The first kappa shape index (κ1) is 19.3. The second-order valence-corrected chi connectivity index (χ2v) is 7.45. The average molecular weight is 367 g/mol. The Morgan fingerprint density at radius 3 is 2.44 bits per heavy atom. The van der Waals surface area contributed by atoms with Crippen LogP contribution in [0.15, 0.2) is 36.4 Å². The van der Waals surface area contributed by atoms with Gasteiger partial charge in [-0.15, -0.1) is 0 Å². The predicted octanol–water partition coefficient (Wildman–Crippen LogP) is 4.14. The molecule has 1 atom stereocenters. The third-order valence-electron chi connectivity index (χ3n) is 5.08. The summed E-state index contributed by atoms with van der Waals surface area (Å²) in [7, 11) is 0. The molecule has 0 bridgehead atoms. The van der Waals surface area contributed by atoms with Crippen molar-refractivity contribution in [3.8, 4) is 11.5 Å². The maximum absolute atomic E-state index is 12.1. The standard InChI is InChI=1S/C23H29NO3/c1-16-8-10-21(12-17(16)2)26-14-18(3)24-23(25)15-27-22-11-9-19-6-4-5-7-20(19)13-22/h8-13,18H,4-7,14-15H2,1-3H3,(H,24,25). The zero-order valence-electron chi connectivity index (χ0n) is 16.5. The first-order valence-corrected chi connectivity index (χ1v) is 9.75. The molecule has 1 amide bonds. The molecule has 1 aliphatic rings. The van der Waals surface area contributed by atoms with Gasteiger partial charge in [0.25, 0.3) is 5.91 Å². The predicted molar refractivity (Wildman–Crippen MR) is 108 cm³/mol. The molecule has 0 fully saturated rings. The summed E-state index contributed by atoms with van der Waals surface area (Å²) in [6, 6.07) is 12.1. The monoisotopic (exact) mass is 367 g/mol. The fourth-order valence-corrected chi connectivity index (χ4v) is 3.33. The van der Waals surface area contributed by atoms with Gasteiger partial charge >= 0.3 is 0 Å². The molecule has 144 valence electrons. The molecule has 0 heterocycles. The number of benzene rings is 2. The van der Waals surface area contributed by atoms with Crippen LogP contribution in [0.3, 0.4) is 0 Å². The lowest BCUT2D eigenvalue weighted by Gasteiger charge is -2.18. The maximum Gasteiger partial charge on any atom is 0.258 e. The van der Waals surface area contributed by atoms with E-state index in [4.69, 9.17) is 9.47 Å². The molecule has 1 aliphatic carbocycles. The van der Waals surface area contributed by atoms with Gasteiger partial charge in [-0.1, -0.05) is 12.1 Å². The second kappa shape index (κ2) is 8.94. The molecule has 0 saturated heterocycles. The van der Waals surface area contributed by atoms with E-state index in [1.54, 1.807) is 0 Å². The van der Waals surface area contributed by atoms with Gasteiger partial charge in [0.05, 0.1) is 6.04 Å². The van der Waals surface area contributed by atoms with Crippen molar-refractivity contribution in [1.29, 1.82) is 0 Å². The molecule has 4 heteroatoms. The maximum atomic E-state index is 12.1. The van der Waals surface area contributed by atoms with E-state index < -0.39 is 0 Å². The van der Waals surface area contributed by atoms with E-state index in [1.807, 2.05) is 31.2 Å². The van der Waals surface area contributed by atoms with Gasteiger partial charge in [0.1, 0.15) is 18.1 Å². The van der Waals surface area contributed by atoms with Crippen LogP contribution in [0.2, 0.25) is 0 Å². The van der Waals surface area contributed by atoms with Crippen LogP contribution in [0.5, 0.6) is 11.5 Å². The van der Waals surface area contributed by atoms with Crippen molar-refractivity contribution in [2.75, 3.05) is 13.2 Å². The molecule has 0 radical (unpaired) electrons. The summed E-state index contributed by atoms with van der Waals surface area (Å²) in [5.41, 5.74) is 5.20. The van der Waals surface area contributed by atoms with Gasteiger partial charge in [-0.2, -0.15) is 0 Å². The van der Waals surface area contributed by atoms with Crippen molar-refractivity contribution in [1.82, 2.24) is 5.32 Å². The van der Waals surface area contributed by atoms with E-state index in [2.05, 4.69) is 31.3 Å². The lowest BCUT2D eigenvalue weighted by Crippen LogP contribution is -2.39. The highest BCUT2D eigenvalue weighted by Gasteiger charge is 2.12. The van der Waals surface area contributed by atoms with Crippen molar-refractivity contribution < 1.29 is 14.3 Å². The van der Waals surface area contributed by atoms with Crippen LogP contribution in [-0.2, 0) is 17.6 Å². The van der Waals surface area contributed by atoms with Gasteiger partial charge in [-0.3, -0.25) is 4.79 Å². The van der Waals surface area contributed by atoms with Crippen LogP contribution >= 0.6 is 0 Å². The minimum Gasteiger partial charge on any atom is -0.491 e. The van der Waals surface area contributed by atoms with Gasteiger partial charge in [-0.05, 0) is 93.0 Å². The van der Waals surface area contributed by atoms with Crippen LogP contribution in [0.4, 0.5) is 0 Å². The zero-order chi connectivity index (χ0) is 19.2. The topological polar surface area (TPSA) is 47.6 Å². The summed E-state index contributed by atoms with van der Waals surface area (Å²) >= 11 is 0. The summed E-state index contributed by atoms with van der Waals surface area (Å²) in [4.78, 5) is 12.1. The van der Waals surface area contributed by atoms with Crippen molar-refractivity contribution in [3.05, 3.63) is 58.7 Å². The molecule has 2 aromatic carbocycles. The van der Waals surface area contributed by atoms with E-state index in [9.17, 15) is 4.79 Å². The lowest BCUT2D eigenvalue weighted by atomic mass is 9.92. The molecule has 2 aromatic rings. The summed E-state index contributed by atoms with van der Waals surface area (Å²) < 4.78 is 11.4. The van der Waals surface area contributed by atoms with Gasteiger partial charge in [0, 0.05) is 0 Å². The van der Waals surface area contributed by atoms with Crippen LogP contribution < -0.4 is 14.8 Å². The number of hydrogen-bond acceptors (Lipinski definition) is 3. The molecule has 0 saturated carbocycles. The highest BCUT2D eigenvalue weighted by Crippen LogP contribution is 2.25. The van der Waals surface area contributed by atoms with Gasteiger partial charge in [0.2, 0.25) is 0 Å². The minimum absolute atomic E-state index is 0.0206. The quantitative estimate of drug-likeness (QED) is 0.800. The SMILES string of the molecule is Cc1ccc(OCC(C)NC(=O)COc2ccc3c(c2)CCCC3)cc1C. The highest BCUT2D eigenvalue weighted by molar-refractivity contribution is 5.77. The minimum atomic E-state index is -0.135. The molecule has 3 rings (SSSR count). The molecular formula is C23H29NO3. The van der Waals surface area contributed by atoms with Crippen LogP contribution in [-0.4, -0.2) is 25.2 Å². The fraction of sp³-hybridized carbons (Fsp3) is 0.435. The second-order valence-electron chi connectivity index (χ2n) is 7.45. The van der Waals surface area contributed by atoms with Gasteiger partial charge < -0.3 is 14.8 Å². The Labute approximate surface area is 161 Å². The van der Waals surface area contributed by atoms with Crippen molar-refractivity contribution >= 4 is 5.91 Å². The van der Waals surface area contributed by atoms with Gasteiger partial charge in [-0.25, -0.2) is 0 Å². The van der Waals surface area contributed by atoms with E-state index >= 15 is 0 Å². The summed E-state index contributed by atoms with van der Waals surface area (Å²) in [5.74, 6) is 1.46. The average Bonchev–Trinajstić information content (AvgIpc) is 2.67. The molecule has 0 spiro atoms. The molecule has 4 nitrogen and oxygen atoms in total. The Morgan fingerprint density at radius 1 is 0.963 bits per heavy atom. The Balaban J connectivity index is 1.42. The normalized spacial score (nSPS) is 14.2. The lowest BCUT2D eigenvalue weighted by molar-refractivity contribution is -0.123. The number of amides is 1. The van der Waals surface area contributed by atoms with Gasteiger partial charge in [0.15, 0.2) is 6.61 Å². The zero-order valence-corrected chi connectivity index (χ0v) is 16.5. The molecular weight excluding hydrogens is 338 g/mol. The third kappa shape index (κ3) is 5.49. The number of carbonyl (C=O) groups is 1. The number of nitrogens with one attached hydrogen (secondary N) is 1. The number of ether oxygens (including phenoxy) is 2.